The summed E-state index contributed by atoms with van der Waals surface area (Å²) in [7, 11) is 1.58. The number of aryl methyl sites for hydroxylation is 1. The van der Waals surface area contributed by atoms with Gasteiger partial charge in [0.2, 0.25) is 5.91 Å². The van der Waals surface area contributed by atoms with Crippen LogP contribution in [0.3, 0.4) is 0 Å². The number of methoxy groups -OCH3 is 1. The third-order valence-electron chi connectivity index (χ3n) is 4.66. The van der Waals surface area contributed by atoms with E-state index in [9.17, 15) is 9.59 Å². The Bertz CT molecular complexity index is 852. The molecular formula is C22H24N2O3. The number of hydrogen-bond donors (Lipinski definition) is 0. The van der Waals surface area contributed by atoms with E-state index in [0.29, 0.717) is 37.5 Å². The highest BCUT2D eigenvalue weighted by molar-refractivity contribution is 5.95. The van der Waals surface area contributed by atoms with Crippen molar-refractivity contribution < 1.29 is 14.3 Å². The van der Waals surface area contributed by atoms with Crippen LogP contribution in [0.5, 0.6) is 5.75 Å². The maximum absolute atomic E-state index is 12.6. The van der Waals surface area contributed by atoms with Crippen LogP contribution >= 0.6 is 0 Å². The van der Waals surface area contributed by atoms with Crippen molar-refractivity contribution >= 4 is 17.9 Å². The zero-order chi connectivity index (χ0) is 19.2. The molecule has 27 heavy (non-hydrogen) atoms. The van der Waals surface area contributed by atoms with Gasteiger partial charge in [0.1, 0.15) is 5.75 Å². The first-order chi connectivity index (χ1) is 13.1. The molecule has 1 aliphatic rings. The van der Waals surface area contributed by atoms with Gasteiger partial charge in [-0.1, -0.05) is 35.9 Å². The summed E-state index contributed by atoms with van der Waals surface area (Å²) in [5, 5.41) is 0. The average molecular weight is 364 g/mol. The van der Waals surface area contributed by atoms with Crippen LogP contribution in [0.2, 0.25) is 0 Å². The first-order valence-electron chi connectivity index (χ1n) is 9.04. The lowest BCUT2D eigenvalue weighted by Gasteiger charge is -2.34. The third kappa shape index (κ3) is 4.76. The molecule has 5 nitrogen and oxygen atoms in total. The lowest BCUT2D eigenvalue weighted by Crippen LogP contribution is -2.50. The van der Waals surface area contributed by atoms with Gasteiger partial charge in [0.15, 0.2) is 0 Å². The zero-order valence-electron chi connectivity index (χ0n) is 15.7. The van der Waals surface area contributed by atoms with Crippen molar-refractivity contribution in [2.75, 3.05) is 33.3 Å². The van der Waals surface area contributed by atoms with E-state index in [0.717, 1.165) is 11.1 Å². The molecule has 2 aromatic carbocycles. The number of carbonyl (C=O) groups excluding carboxylic acids is 2. The molecule has 2 amide bonds. The normalized spacial score (nSPS) is 14.4. The molecule has 1 heterocycles. The lowest BCUT2D eigenvalue weighted by molar-refractivity contribution is -0.127. The number of amides is 2. The predicted octanol–water partition coefficient (Wildman–Crippen LogP) is 3.00. The molecule has 0 radical (unpaired) electrons. The number of carbonyl (C=O) groups is 2. The van der Waals surface area contributed by atoms with Gasteiger partial charge in [-0.05, 0) is 36.8 Å². The Hall–Kier alpha value is -3.08. The summed E-state index contributed by atoms with van der Waals surface area (Å²) in [4.78, 5) is 28.6. The van der Waals surface area contributed by atoms with Gasteiger partial charge in [-0.3, -0.25) is 9.59 Å². The van der Waals surface area contributed by atoms with Crippen LogP contribution in [0, 0.1) is 6.92 Å². The molecule has 2 aromatic rings. The first kappa shape index (κ1) is 18.7. The fourth-order valence-corrected chi connectivity index (χ4v) is 3.12. The number of benzene rings is 2. The lowest BCUT2D eigenvalue weighted by atomic mass is 10.1. The molecule has 0 aliphatic carbocycles. The van der Waals surface area contributed by atoms with Crippen LogP contribution in [0.25, 0.3) is 6.08 Å². The first-order valence-corrected chi connectivity index (χ1v) is 9.04. The standard InChI is InChI=1S/C22H24N2O3/c1-17-5-3-6-18(15-17)9-10-21(25)23-11-13-24(14-12-23)22(26)19-7-4-8-20(16-19)27-2/h3-10,15-16H,11-14H2,1-2H3/b10-9+. The summed E-state index contributed by atoms with van der Waals surface area (Å²) in [5.74, 6) is 0.609. The average Bonchev–Trinajstić information content (AvgIpc) is 2.71. The van der Waals surface area contributed by atoms with E-state index in [-0.39, 0.29) is 11.8 Å². The van der Waals surface area contributed by atoms with Gasteiger partial charge in [-0.25, -0.2) is 0 Å². The molecule has 1 saturated heterocycles. The zero-order valence-corrected chi connectivity index (χ0v) is 15.7. The van der Waals surface area contributed by atoms with E-state index >= 15 is 0 Å². The minimum atomic E-state index is -0.0312. The Morgan fingerprint density at radius 2 is 1.67 bits per heavy atom. The second-order valence-corrected chi connectivity index (χ2v) is 6.60. The van der Waals surface area contributed by atoms with Gasteiger partial charge in [-0.2, -0.15) is 0 Å². The Balaban J connectivity index is 1.56. The number of ether oxygens (including phenoxy) is 1. The molecule has 3 rings (SSSR count). The molecule has 0 aromatic heterocycles. The summed E-state index contributed by atoms with van der Waals surface area (Å²) < 4.78 is 5.18. The van der Waals surface area contributed by atoms with Crippen molar-refractivity contribution in [3.63, 3.8) is 0 Å². The molecule has 0 saturated carbocycles. The quantitative estimate of drug-likeness (QED) is 0.784. The maximum Gasteiger partial charge on any atom is 0.254 e. The van der Waals surface area contributed by atoms with Crippen molar-refractivity contribution in [2.45, 2.75) is 6.92 Å². The van der Waals surface area contributed by atoms with Gasteiger partial charge in [0, 0.05) is 37.8 Å². The summed E-state index contributed by atoms with van der Waals surface area (Å²) >= 11 is 0. The largest absolute Gasteiger partial charge is 0.497 e. The molecule has 0 spiro atoms. The fourth-order valence-electron chi connectivity index (χ4n) is 3.12. The Morgan fingerprint density at radius 3 is 2.37 bits per heavy atom. The van der Waals surface area contributed by atoms with E-state index in [1.807, 2.05) is 49.4 Å². The van der Waals surface area contributed by atoms with Gasteiger partial charge < -0.3 is 14.5 Å². The second-order valence-electron chi connectivity index (χ2n) is 6.60. The summed E-state index contributed by atoms with van der Waals surface area (Å²) in [5.41, 5.74) is 2.78. The van der Waals surface area contributed by atoms with E-state index in [1.165, 1.54) is 0 Å². The van der Waals surface area contributed by atoms with Crippen LogP contribution in [0.4, 0.5) is 0 Å². The van der Waals surface area contributed by atoms with Gasteiger partial charge in [0.05, 0.1) is 7.11 Å². The monoisotopic (exact) mass is 364 g/mol. The van der Waals surface area contributed by atoms with Crippen LogP contribution in [-0.4, -0.2) is 54.9 Å². The molecule has 1 fully saturated rings. The molecule has 0 bridgehead atoms. The summed E-state index contributed by atoms with van der Waals surface area (Å²) in [6, 6.07) is 15.2. The van der Waals surface area contributed by atoms with Crippen molar-refractivity contribution in [1.29, 1.82) is 0 Å². The minimum Gasteiger partial charge on any atom is -0.497 e. The van der Waals surface area contributed by atoms with E-state index in [2.05, 4.69) is 0 Å². The maximum atomic E-state index is 12.6. The fraction of sp³-hybridized carbons (Fsp3) is 0.273. The molecule has 5 heteroatoms. The van der Waals surface area contributed by atoms with Crippen LogP contribution in [0.1, 0.15) is 21.5 Å². The summed E-state index contributed by atoms with van der Waals surface area (Å²) in [6.07, 6.45) is 3.44. The number of hydrogen-bond acceptors (Lipinski definition) is 3. The molecule has 0 atom stereocenters. The van der Waals surface area contributed by atoms with Gasteiger partial charge in [-0.15, -0.1) is 0 Å². The smallest absolute Gasteiger partial charge is 0.254 e. The van der Waals surface area contributed by atoms with Crippen LogP contribution in [-0.2, 0) is 4.79 Å². The molecule has 0 N–H and O–H groups in total. The van der Waals surface area contributed by atoms with E-state index in [1.54, 1.807) is 35.1 Å². The molecular weight excluding hydrogens is 340 g/mol. The van der Waals surface area contributed by atoms with E-state index in [4.69, 9.17) is 4.74 Å². The van der Waals surface area contributed by atoms with Crippen molar-refractivity contribution in [3.8, 4) is 5.75 Å². The summed E-state index contributed by atoms with van der Waals surface area (Å²) in [6.45, 7) is 4.15. The molecule has 140 valence electrons. The van der Waals surface area contributed by atoms with Crippen molar-refractivity contribution in [3.05, 3.63) is 71.3 Å². The van der Waals surface area contributed by atoms with Crippen molar-refractivity contribution in [1.82, 2.24) is 9.80 Å². The SMILES string of the molecule is COc1cccc(C(=O)N2CCN(C(=O)/C=C/c3cccc(C)c3)CC2)c1. The Morgan fingerprint density at radius 1 is 0.963 bits per heavy atom. The highest BCUT2D eigenvalue weighted by atomic mass is 16.5. The minimum absolute atomic E-state index is 0.0232. The van der Waals surface area contributed by atoms with E-state index < -0.39 is 0 Å². The molecule has 1 aliphatic heterocycles. The van der Waals surface area contributed by atoms with Crippen molar-refractivity contribution in [2.24, 2.45) is 0 Å². The van der Waals surface area contributed by atoms with Gasteiger partial charge >= 0.3 is 0 Å². The number of rotatable bonds is 4. The van der Waals surface area contributed by atoms with Gasteiger partial charge in [0.25, 0.3) is 5.91 Å². The Labute approximate surface area is 159 Å². The topological polar surface area (TPSA) is 49.9 Å². The van der Waals surface area contributed by atoms with Crippen LogP contribution < -0.4 is 4.74 Å². The highest BCUT2D eigenvalue weighted by Crippen LogP contribution is 2.16. The number of nitrogens with zero attached hydrogens (tertiary/aromatic N) is 2. The second kappa shape index (κ2) is 8.54. The third-order valence-corrected chi connectivity index (χ3v) is 4.66. The predicted molar refractivity (Wildman–Crippen MR) is 106 cm³/mol. The van der Waals surface area contributed by atoms with Crippen LogP contribution in [0.15, 0.2) is 54.6 Å². The number of piperazine rings is 1. The Kier molecular flexibility index (Phi) is 5.91. The highest BCUT2D eigenvalue weighted by Gasteiger charge is 2.24. The molecule has 0 unspecified atom stereocenters.